The molecule has 0 saturated heterocycles. The predicted octanol–water partition coefficient (Wildman–Crippen LogP) is 2.72. The van der Waals surface area contributed by atoms with E-state index in [9.17, 15) is 0 Å². The van der Waals surface area contributed by atoms with Crippen LogP contribution in [0.5, 0.6) is 5.75 Å². The van der Waals surface area contributed by atoms with Crippen LogP contribution >= 0.6 is 0 Å². The molecule has 0 heterocycles. The molecule has 0 aliphatic carbocycles. The fourth-order valence-electron chi connectivity index (χ4n) is 1.35. The molecular weight excluding hydrogens is 176 g/mol. The summed E-state index contributed by atoms with van der Waals surface area (Å²) in [6.07, 6.45) is 0.934. The van der Waals surface area contributed by atoms with Crippen molar-refractivity contribution in [2.75, 3.05) is 20.3 Å². The highest BCUT2D eigenvalue weighted by atomic mass is 16.5. The highest BCUT2D eigenvalue weighted by Gasteiger charge is 1.98. The lowest BCUT2D eigenvalue weighted by atomic mass is 10.1. The normalized spacial score (nSPS) is 10.2. The van der Waals surface area contributed by atoms with Gasteiger partial charge in [0.2, 0.25) is 0 Å². The predicted molar refractivity (Wildman–Crippen MR) is 57.9 cm³/mol. The van der Waals surface area contributed by atoms with Crippen molar-refractivity contribution in [1.82, 2.24) is 0 Å². The van der Waals surface area contributed by atoms with Crippen LogP contribution in [0.3, 0.4) is 0 Å². The minimum atomic E-state index is 0.720. The van der Waals surface area contributed by atoms with Gasteiger partial charge < -0.3 is 9.47 Å². The molecule has 0 saturated carbocycles. The zero-order valence-electron chi connectivity index (χ0n) is 9.17. The first-order valence-electron chi connectivity index (χ1n) is 4.93. The highest BCUT2D eigenvalue weighted by Crippen LogP contribution is 2.18. The van der Waals surface area contributed by atoms with Crippen LogP contribution in [0.15, 0.2) is 18.2 Å². The quantitative estimate of drug-likeness (QED) is 0.671. The standard InChI is InChI=1S/C12H18O2/c1-10-5-6-12(11(2)9-10)14-8-4-7-13-3/h5-6,9H,4,7-8H2,1-3H3. The number of benzene rings is 1. The van der Waals surface area contributed by atoms with E-state index in [0.29, 0.717) is 0 Å². The van der Waals surface area contributed by atoms with E-state index >= 15 is 0 Å². The highest BCUT2D eigenvalue weighted by molar-refractivity contribution is 5.35. The first-order chi connectivity index (χ1) is 6.74. The molecular formula is C12H18O2. The number of hydrogen-bond donors (Lipinski definition) is 0. The molecule has 0 spiro atoms. The zero-order valence-corrected chi connectivity index (χ0v) is 9.17. The fraction of sp³-hybridized carbons (Fsp3) is 0.500. The molecule has 0 fully saturated rings. The first kappa shape index (κ1) is 11.1. The second kappa shape index (κ2) is 5.66. The van der Waals surface area contributed by atoms with Crippen molar-refractivity contribution in [3.63, 3.8) is 0 Å². The van der Waals surface area contributed by atoms with Crippen LogP contribution in [-0.2, 0) is 4.74 Å². The van der Waals surface area contributed by atoms with Gasteiger partial charge in [0.05, 0.1) is 6.61 Å². The number of rotatable bonds is 5. The summed E-state index contributed by atoms with van der Waals surface area (Å²) >= 11 is 0. The Kier molecular flexibility index (Phi) is 4.47. The van der Waals surface area contributed by atoms with Gasteiger partial charge in [0.25, 0.3) is 0 Å². The Morgan fingerprint density at radius 2 is 1.93 bits per heavy atom. The van der Waals surface area contributed by atoms with Gasteiger partial charge in [0.15, 0.2) is 0 Å². The molecule has 1 aromatic carbocycles. The van der Waals surface area contributed by atoms with Crippen molar-refractivity contribution in [2.45, 2.75) is 20.3 Å². The zero-order chi connectivity index (χ0) is 10.4. The molecule has 14 heavy (non-hydrogen) atoms. The maximum absolute atomic E-state index is 5.61. The number of methoxy groups -OCH3 is 1. The molecule has 0 N–H and O–H groups in total. The molecule has 0 amide bonds. The van der Waals surface area contributed by atoms with Gasteiger partial charge in [0.1, 0.15) is 5.75 Å². The molecule has 0 aliphatic rings. The molecule has 0 radical (unpaired) electrons. The molecule has 0 bridgehead atoms. The largest absolute Gasteiger partial charge is 0.493 e. The van der Waals surface area contributed by atoms with E-state index in [4.69, 9.17) is 9.47 Å². The van der Waals surface area contributed by atoms with Gasteiger partial charge >= 0.3 is 0 Å². The Labute approximate surface area is 85.8 Å². The van der Waals surface area contributed by atoms with Crippen LogP contribution in [0.2, 0.25) is 0 Å². The van der Waals surface area contributed by atoms with Crippen LogP contribution < -0.4 is 4.74 Å². The van der Waals surface area contributed by atoms with Gasteiger partial charge in [-0.05, 0) is 25.5 Å². The smallest absolute Gasteiger partial charge is 0.122 e. The topological polar surface area (TPSA) is 18.5 Å². The van der Waals surface area contributed by atoms with E-state index in [-0.39, 0.29) is 0 Å². The summed E-state index contributed by atoms with van der Waals surface area (Å²) in [6, 6.07) is 6.22. The maximum Gasteiger partial charge on any atom is 0.122 e. The Hall–Kier alpha value is -1.02. The van der Waals surface area contributed by atoms with E-state index in [2.05, 4.69) is 26.0 Å². The molecule has 1 aromatic rings. The minimum absolute atomic E-state index is 0.720. The minimum Gasteiger partial charge on any atom is -0.493 e. The lowest BCUT2D eigenvalue weighted by molar-refractivity contribution is 0.172. The molecule has 0 aromatic heterocycles. The van der Waals surface area contributed by atoms with Crippen molar-refractivity contribution in [3.05, 3.63) is 29.3 Å². The van der Waals surface area contributed by atoms with Gasteiger partial charge in [-0.25, -0.2) is 0 Å². The average molecular weight is 194 g/mol. The van der Waals surface area contributed by atoms with E-state index in [1.54, 1.807) is 7.11 Å². The summed E-state index contributed by atoms with van der Waals surface area (Å²) in [5.41, 5.74) is 2.47. The maximum atomic E-state index is 5.61. The summed E-state index contributed by atoms with van der Waals surface area (Å²) in [6.45, 7) is 5.63. The number of hydrogen-bond acceptors (Lipinski definition) is 2. The van der Waals surface area contributed by atoms with Crippen LogP contribution in [0.4, 0.5) is 0 Å². The molecule has 78 valence electrons. The first-order valence-corrected chi connectivity index (χ1v) is 4.93. The summed E-state index contributed by atoms with van der Waals surface area (Å²) in [4.78, 5) is 0. The molecule has 0 unspecified atom stereocenters. The van der Waals surface area contributed by atoms with Crippen LogP contribution in [0.1, 0.15) is 17.5 Å². The van der Waals surface area contributed by atoms with Crippen LogP contribution in [0.25, 0.3) is 0 Å². The average Bonchev–Trinajstić information content (AvgIpc) is 2.15. The van der Waals surface area contributed by atoms with Crippen LogP contribution in [0, 0.1) is 13.8 Å². The second-order valence-electron chi connectivity index (χ2n) is 3.46. The van der Waals surface area contributed by atoms with E-state index < -0.39 is 0 Å². The number of aryl methyl sites for hydroxylation is 2. The van der Waals surface area contributed by atoms with Crippen molar-refractivity contribution < 1.29 is 9.47 Å². The van der Waals surface area contributed by atoms with Crippen molar-refractivity contribution >= 4 is 0 Å². The molecule has 0 atom stereocenters. The van der Waals surface area contributed by atoms with Crippen molar-refractivity contribution in [2.24, 2.45) is 0 Å². The Morgan fingerprint density at radius 3 is 2.57 bits per heavy atom. The third kappa shape index (κ3) is 3.38. The monoisotopic (exact) mass is 194 g/mol. The summed E-state index contributed by atoms with van der Waals surface area (Å²) in [5.74, 6) is 0.978. The van der Waals surface area contributed by atoms with Gasteiger partial charge in [-0.3, -0.25) is 0 Å². The molecule has 0 aliphatic heterocycles. The van der Waals surface area contributed by atoms with Gasteiger partial charge in [0, 0.05) is 20.1 Å². The second-order valence-corrected chi connectivity index (χ2v) is 3.46. The van der Waals surface area contributed by atoms with E-state index in [1.165, 1.54) is 11.1 Å². The van der Waals surface area contributed by atoms with Crippen molar-refractivity contribution in [3.8, 4) is 5.75 Å². The van der Waals surface area contributed by atoms with Gasteiger partial charge in [-0.1, -0.05) is 17.7 Å². The Morgan fingerprint density at radius 1 is 1.14 bits per heavy atom. The lowest BCUT2D eigenvalue weighted by Crippen LogP contribution is -2.02. The summed E-state index contributed by atoms with van der Waals surface area (Å²) in [5, 5.41) is 0. The fourth-order valence-corrected chi connectivity index (χ4v) is 1.35. The molecule has 2 heteroatoms. The van der Waals surface area contributed by atoms with E-state index in [0.717, 1.165) is 25.4 Å². The van der Waals surface area contributed by atoms with Gasteiger partial charge in [-0.15, -0.1) is 0 Å². The summed E-state index contributed by atoms with van der Waals surface area (Å²) in [7, 11) is 1.71. The third-order valence-electron chi connectivity index (χ3n) is 2.08. The third-order valence-corrected chi connectivity index (χ3v) is 2.08. The van der Waals surface area contributed by atoms with Crippen LogP contribution in [-0.4, -0.2) is 20.3 Å². The van der Waals surface area contributed by atoms with E-state index in [1.807, 2.05) is 6.07 Å². The van der Waals surface area contributed by atoms with Gasteiger partial charge in [-0.2, -0.15) is 0 Å². The SMILES string of the molecule is COCCCOc1ccc(C)cc1C. The van der Waals surface area contributed by atoms with Crippen molar-refractivity contribution in [1.29, 1.82) is 0 Å². The molecule has 1 rings (SSSR count). The number of ether oxygens (including phenoxy) is 2. The lowest BCUT2D eigenvalue weighted by Gasteiger charge is -2.09. The Balaban J connectivity index is 2.42. The molecule has 2 nitrogen and oxygen atoms in total. The Bertz CT molecular complexity index is 282. The summed E-state index contributed by atoms with van der Waals surface area (Å²) < 4.78 is 10.6.